The first-order chi connectivity index (χ1) is 9.11. The molecule has 2 rings (SSSR count). The lowest BCUT2D eigenvalue weighted by atomic mass is 10.1. The topological polar surface area (TPSA) is 48.4 Å². The molecule has 0 saturated heterocycles. The highest BCUT2D eigenvalue weighted by atomic mass is 35.5. The Balaban J connectivity index is 2.23. The van der Waals surface area contributed by atoms with Crippen molar-refractivity contribution in [2.45, 2.75) is 25.5 Å². The van der Waals surface area contributed by atoms with Crippen LogP contribution >= 0.6 is 11.6 Å². The number of rotatable bonds is 5. The van der Waals surface area contributed by atoms with Gasteiger partial charge in [-0.25, -0.2) is 4.39 Å². The van der Waals surface area contributed by atoms with Gasteiger partial charge in [0.1, 0.15) is 17.3 Å². The first-order valence-electron chi connectivity index (χ1n) is 6.02. The molecule has 5 heteroatoms. The minimum Gasteiger partial charge on any atom is -0.481 e. The Morgan fingerprint density at radius 3 is 2.79 bits per heavy atom. The van der Waals surface area contributed by atoms with Crippen molar-refractivity contribution in [1.82, 2.24) is 0 Å². The second kappa shape index (κ2) is 6.08. The third kappa shape index (κ3) is 3.28. The smallest absolute Gasteiger partial charge is 0.171 e. The van der Waals surface area contributed by atoms with E-state index in [1.54, 1.807) is 24.5 Å². The molecule has 2 aromatic rings. The van der Waals surface area contributed by atoms with E-state index in [1.807, 2.05) is 6.92 Å². The molecule has 2 N–H and O–H groups in total. The van der Waals surface area contributed by atoms with Gasteiger partial charge in [0, 0.05) is 12.1 Å². The fraction of sp³-hybridized carbons (Fsp3) is 0.286. The molecule has 0 radical (unpaired) electrons. The van der Waals surface area contributed by atoms with E-state index in [9.17, 15) is 4.39 Å². The molecule has 0 spiro atoms. The van der Waals surface area contributed by atoms with Gasteiger partial charge in [-0.1, -0.05) is 18.5 Å². The van der Waals surface area contributed by atoms with Crippen LogP contribution in [0.5, 0.6) is 5.75 Å². The zero-order valence-corrected chi connectivity index (χ0v) is 11.2. The molecule has 0 bridgehead atoms. The molecule has 1 aromatic heterocycles. The van der Waals surface area contributed by atoms with Crippen LogP contribution in [0.1, 0.15) is 25.2 Å². The van der Waals surface area contributed by atoms with Crippen LogP contribution in [0.15, 0.2) is 41.0 Å². The van der Waals surface area contributed by atoms with E-state index in [2.05, 4.69) is 0 Å². The molecule has 19 heavy (non-hydrogen) atoms. The van der Waals surface area contributed by atoms with Crippen LogP contribution in [0, 0.1) is 5.82 Å². The highest BCUT2D eigenvalue weighted by Gasteiger charge is 2.23. The summed E-state index contributed by atoms with van der Waals surface area (Å²) in [7, 11) is 0. The minimum absolute atomic E-state index is 0.0571. The number of halogens is 2. The minimum atomic E-state index is -0.526. The Kier molecular flexibility index (Phi) is 4.45. The Hall–Kier alpha value is -1.52. The van der Waals surface area contributed by atoms with Gasteiger partial charge in [0.15, 0.2) is 6.10 Å². The second-order valence-electron chi connectivity index (χ2n) is 4.20. The highest BCUT2D eigenvalue weighted by molar-refractivity contribution is 6.30. The first kappa shape index (κ1) is 13.9. The molecular formula is C14H15ClFNO2. The Morgan fingerprint density at radius 2 is 2.21 bits per heavy atom. The molecule has 0 aliphatic carbocycles. The molecule has 1 aromatic carbocycles. The number of hydrogen-bond donors (Lipinski definition) is 1. The summed E-state index contributed by atoms with van der Waals surface area (Å²) in [5.41, 5.74) is 6.02. The van der Waals surface area contributed by atoms with E-state index in [1.165, 1.54) is 12.1 Å². The van der Waals surface area contributed by atoms with Crippen LogP contribution in [-0.4, -0.2) is 6.04 Å². The van der Waals surface area contributed by atoms with Crippen molar-refractivity contribution in [3.05, 3.63) is 53.2 Å². The standard InChI is InChI=1S/C14H15ClFNO2/c1-2-12(17)14(13-4-3-7-18-13)19-9-5-6-10(15)11(16)8-9/h3-8,12,14H,2,17H2,1H3. The van der Waals surface area contributed by atoms with E-state index in [0.29, 0.717) is 17.9 Å². The fourth-order valence-electron chi connectivity index (χ4n) is 1.72. The molecule has 0 aliphatic rings. The van der Waals surface area contributed by atoms with Gasteiger partial charge in [-0.2, -0.15) is 0 Å². The van der Waals surface area contributed by atoms with Crippen LogP contribution < -0.4 is 10.5 Å². The van der Waals surface area contributed by atoms with E-state index < -0.39 is 11.9 Å². The summed E-state index contributed by atoms with van der Waals surface area (Å²) in [4.78, 5) is 0. The molecular weight excluding hydrogens is 269 g/mol. The van der Waals surface area contributed by atoms with Crippen molar-refractivity contribution in [2.75, 3.05) is 0 Å². The van der Waals surface area contributed by atoms with Gasteiger partial charge in [-0.15, -0.1) is 0 Å². The summed E-state index contributed by atoms with van der Waals surface area (Å²) in [6, 6.07) is 7.58. The summed E-state index contributed by atoms with van der Waals surface area (Å²) in [6.07, 6.45) is 1.80. The first-order valence-corrected chi connectivity index (χ1v) is 6.40. The quantitative estimate of drug-likeness (QED) is 0.904. The van der Waals surface area contributed by atoms with Crippen LogP contribution in [-0.2, 0) is 0 Å². The molecule has 0 amide bonds. The molecule has 0 aliphatic heterocycles. The molecule has 0 saturated carbocycles. The van der Waals surface area contributed by atoms with Crippen LogP contribution in [0.2, 0.25) is 5.02 Å². The van der Waals surface area contributed by atoms with Gasteiger partial charge in [-0.05, 0) is 30.7 Å². The van der Waals surface area contributed by atoms with E-state index >= 15 is 0 Å². The second-order valence-corrected chi connectivity index (χ2v) is 4.61. The average molecular weight is 284 g/mol. The summed E-state index contributed by atoms with van der Waals surface area (Å²) in [5.74, 6) is 0.458. The van der Waals surface area contributed by atoms with Crippen molar-refractivity contribution < 1.29 is 13.5 Å². The molecule has 2 unspecified atom stereocenters. The summed E-state index contributed by atoms with van der Waals surface area (Å²) >= 11 is 5.63. The molecule has 1 heterocycles. The maximum absolute atomic E-state index is 13.4. The molecule has 102 valence electrons. The molecule has 3 nitrogen and oxygen atoms in total. The van der Waals surface area contributed by atoms with Gasteiger partial charge >= 0.3 is 0 Å². The number of benzene rings is 1. The van der Waals surface area contributed by atoms with Crippen LogP contribution in [0.3, 0.4) is 0 Å². The van der Waals surface area contributed by atoms with Crippen LogP contribution in [0.4, 0.5) is 4.39 Å². The van der Waals surface area contributed by atoms with E-state index in [4.69, 9.17) is 26.5 Å². The summed E-state index contributed by atoms with van der Waals surface area (Å²) in [5, 5.41) is 0.0571. The zero-order chi connectivity index (χ0) is 13.8. The SMILES string of the molecule is CCC(N)C(Oc1ccc(Cl)c(F)c1)c1ccco1. The van der Waals surface area contributed by atoms with Crippen molar-refractivity contribution in [3.63, 3.8) is 0 Å². The van der Waals surface area contributed by atoms with Gasteiger partial charge < -0.3 is 14.9 Å². The number of nitrogens with two attached hydrogens (primary N) is 1. The number of furan rings is 1. The van der Waals surface area contributed by atoms with E-state index in [-0.39, 0.29) is 11.1 Å². The predicted molar refractivity (Wildman–Crippen MR) is 71.8 cm³/mol. The van der Waals surface area contributed by atoms with Gasteiger partial charge in [0.05, 0.1) is 11.3 Å². The fourth-order valence-corrected chi connectivity index (χ4v) is 1.84. The zero-order valence-electron chi connectivity index (χ0n) is 10.5. The predicted octanol–water partition coefficient (Wildman–Crippen LogP) is 3.93. The lowest BCUT2D eigenvalue weighted by Gasteiger charge is -2.22. The number of hydrogen-bond acceptors (Lipinski definition) is 3. The maximum atomic E-state index is 13.4. The molecule has 2 atom stereocenters. The van der Waals surface area contributed by atoms with Gasteiger partial charge in [0.2, 0.25) is 0 Å². The van der Waals surface area contributed by atoms with Gasteiger partial charge in [0.25, 0.3) is 0 Å². The third-order valence-corrected chi connectivity index (χ3v) is 3.14. The van der Waals surface area contributed by atoms with Crippen molar-refractivity contribution in [2.24, 2.45) is 5.73 Å². The largest absolute Gasteiger partial charge is 0.481 e. The summed E-state index contributed by atoms with van der Waals surface area (Å²) in [6.45, 7) is 1.95. The Bertz CT molecular complexity index is 530. The van der Waals surface area contributed by atoms with Gasteiger partial charge in [-0.3, -0.25) is 0 Å². The Labute approximate surface area is 116 Å². The van der Waals surface area contributed by atoms with Crippen molar-refractivity contribution in [1.29, 1.82) is 0 Å². The lowest BCUT2D eigenvalue weighted by molar-refractivity contribution is 0.144. The maximum Gasteiger partial charge on any atom is 0.171 e. The van der Waals surface area contributed by atoms with Crippen LogP contribution in [0.25, 0.3) is 0 Å². The van der Waals surface area contributed by atoms with Crippen molar-refractivity contribution in [3.8, 4) is 5.75 Å². The summed E-state index contributed by atoms with van der Waals surface area (Å²) < 4.78 is 24.4. The van der Waals surface area contributed by atoms with Crippen molar-refractivity contribution >= 4 is 11.6 Å². The monoisotopic (exact) mass is 283 g/mol. The lowest BCUT2D eigenvalue weighted by Crippen LogP contribution is -2.31. The molecule has 0 fully saturated rings. The average Bonchev–Trinajstić information content (AvgIpc) is 2.93. The Morgan fingerprint density at radius 1 is 1.42 bits per heavy atom. The van der Waals surface area contributed by atoms with E-state index in [0.717, 1.165) is 0 Å². The number of ether oxygens (including phenoxy) is 1. The normalized spacial score (nSPS) is 14.1. The third-order valence-electron chi connectivity index (χ3n) is 2.84. The highest BCUT2D eigenvalue weighted by Crippen LogP contribution is 2.28.